The summed E-state index contributed by atoms with van der Waals surface area (Å²) in [5.41, 5.74) is 7.59. The highest BCUT2D eigenvalue weighted by molar-refractivity contribution is 5.95. The van der Waals surface area contributed by atoms with Crippen molar-refractivity contribution >= 4 is 22.6 Å². The van der Waals surface area contributed by atoms with Gasteiger partial charge in [-0.1, -0.05) is 12.1 Å². The minimum absolute atomic E-state index is 0.0372. The number of aryl methyl sites for hydroxylation is 2. The largest absolute Gasteiger partial charge is 0.466 e. The van der Waals surface area contributed by atoms with Gasteiger partial charge in [0, 0.05) is 31.6 Å². The second-order valence-corrected chi connectivity index (χ2v) is 6.94. The highest BCUT2D eigenvalue weighted by Gasteiger charge is 2.25. The number of piperazine rings is 1. The molecule has 1 aliphatic rings. The number of amides is 1. The first kappa shape index (κ1) is 17.5. The maximum absolute atomic E-state index is 12.7. The fraction of sp³-hybridized carbons (Fsp3) is 0.350. The third-order valence-electron chi connectivity index (χ3n) is 4.97. The molecule has 2 N–H and O–H groups in total. The van der Waals surface area contributed by atoms with Gasteiger partial charge in [-0.3, -0.25) is 9.69 Å². The fourth-order valence-corrected chi connectivity index (χ4v) is 3.54. The van der Waals surface area contributed by atoms with E-state index in [2.05, 4.69) is 14.9 Å². The number of carbonyl (C=O) groups is 1. The van der Waals surface area contributed by atoms with Crippen LogP contribution < -0.4 is 5.73 Å². The Morgan fingerprint density at radius 2 is 1.89 bits per heavy atom. The molecule has 0 radical (unpaired) electrons. The van der Waals surface area contributed by atoms with Crippen molar-refractivity contribution in [3.63, 3.8) is 0 Å². The number of hydrogen-bond donors (Lipinski definition) is 1. The summed E-state index contributed by atoms with van der Waals surface area (Å²) in [4.78, 5) is 25.9. The molecular formula is C20H23N5O2. The van der Waals surface area contributed by atoms with Crippen LogP contribution >= 0.6 is 0 Å². The second kappa shape index (κ2) is 7.00. The quantitative estimate of drug-likeness (QED) is 0.767. The molecule has 3 aromatic rings. The van der Waals surface area contributed by atoms with Gasteiger partial charge in [0.15, 0.2) is 0 Å². The minimum Gasteiger partial charge on any atom is -0.466 e. The average molecular weight is 365 g/mol. The zero-order valence-electron chi connectivity index (χ0n) is 15.6. The summed E-state index contributed by atoms with van der Waals surface area (Å²) >= 11 is 0. The van der Waals surface area contributed by atoms with Gasteiger partial charge in [0.05, 0.1) is 17.6 Å². The molecule has 27 heavy (non-hydrogen) atoms. The zero-order chi connectivity index (χ0) is 19.0. The van der Waals surface area contributed by atoms with Crippen LogP contribution in [0.25, 0.3) is 10.9 Å². The Morgan fingerprint density at radius 1 is 1.15 bits per heavy atom. The number of nitrogens with zero attached hydrogens (tertiary/aromatic N) is 4. The first-order valence-corrected chi connectivity index (χ1v) is 9.11. The number of nitrogen functional groups attached to an aromatic ring is 1. The molecule has 1 saturated heterocycles. The number of furan rings is 1. The van der Waals surface area contributed by atoms with E-state index in [9.17, 15) is 4.79 Å². The lowest BCUT2D eigenvalue weighted by Crippen LogP contribution is -2.48. The summed E-state index contributed by atoms with van der Waals surface area (Å²) in [7, 11) is 0. The standard InChI is InChI=1S/C20H23N5O2/c1-13-11-16(14(2)27-13)20(26)25-9-7-24(8-10-25)12-18-22-17-6-4-3-5-15(17)19(21)23-18/h3-6,11H,7-10,12H2,1-2H3,(H2,21,22,23). The Bertz CT molecular complexity index is 989. The summed E-state index contributed by atoms with van der Waals surface area (Å²) in [6, 6.07) is 9.57. The van der Waals surface area contributed by atoms with Crippen LogP contribution in [0.15, 0.2) is 34.7 Å². The number of aromatic nitrogens is 2. The molecule has 1 amide bonds. The van der Waals surface area contributed by atoms with E-state index in [1.807, 2.05) is 49.1 Å². The summed E-state index contributed by atoms with van der Waals surface area (Å²) in [6.07, 6.45) is 0. The predicted molar refractivity (Wildman–Crippen MR) is 103 cm³/mol. The van der Waals surface area contributed by atoms with Crippen molar-refractivity contribution in [2.45, 2.75) is 20.4 Å². The molecule has 0 spiro atoms. The first-order chi connectivity index (χ1) is 13.0. The maximum atomic E-state index is 12.7. The van der Waals surface area contributed by atoms with E-state index in [0.717, 1.165) is 29.8 Å². The van der Waals surface area contributed by atoms with Gasteiger partial charge in [0.1, 0.15) is 23.2 Å². The van der Waals surface area contributed by atoms with Crippen LogP contribution in [-0.2, 0) is 6.54 Å². The van der Waals surface area contributed by atoms with Crippen LogP contribution in [0.3, 0.4) is 0 Å². The minimum atomic E-state index is 0.0372. The molecule has 0 unspecified atom stereocenters. The summed E-state index contributed by atoms with van der Waals surface area (Å²) < 4.78 is 5.49. The Balaban J connectivity index is 1.41. The van der Waals surface area contributed by atoms with E-state index in [0.29, 0.717) is 42.6 Å². The molecule has 0 saturated carbocycles. The van der Waals surface area contributed by atoms with Crippen molar-refractivity contribution in [1.82, 2.24) is 19.8 Å². The van der Waals surface area contributed by atoms with Crippen molar-refractivity contribution in [2.24, 2.45) is 0 Å². The van der Waals surface area contributed by atoms with Gasteiger partial charge in [-0.2, -0.15) is 0 Å². The molecule has 3 heterocycles. The Morgan fingerprint density at radius 3 is 2.59 bits per heavy atom. The fourth-order valence-electron chi connectivity index (χ4n) is 3.54. The van der Waals surface area contributed by atoms with Gasteiger partial charge in [-0.05, 0) is 32.0 Å². The molecule has 0 atom stereocenters. The molecule has 1 aliphatic heterocycles. The Labute approximate surface area is 157 Å². The SMILES string of the molecule is Cc1cc(C(=O)N2CCN(Cc3nc(N)c4ccccc4n3)CC2)c(C)o1. The second-order valence-electron chi connectivity index (χ2n) is 6.94. The molecule has 4 rings (SSSR count). The van der Waals surface area contributed by atoms with Crippen molar-refractivity contribution in [3.05, 3.63) is 53.2 Å². The number of hydrogen-bond acceptors (Lipinski definition) is 6. The Kier molecular flexibility index (Phi) is 4.53. The van der Waals surface area contributed by atoms with E-state index < -0.39 is 0 Å². The van der Waals surface area contributed by atoms with E-state index in [1.54, 1.807) is 0 Å². The lowest BCUT2D eigenvalue weighted by atomic mass is 10.2. The molecule has 140 valence electrons. The van der Waals surface area contributed by atoms with Gasteiger partial charge in [0.2, 0.25) is 0 Å². The van der Waals surface area contributed by atoms with Crippen LogP contribution in [0.2, 0.25) is 0 Å². The van der Waals surface area contributed by atoms with Crippen molar-refractivity contribution in [3.8, 4) is 0 Å². The smallest absolute Gasteiger partial charge is 0.257 e. The lowest BCUT2D eigenvalue weighted by molar-refractivity contribution is 0.0624. The molecule has 1 aromatic carbocycles. The molecule has 1 fully saturated rings. The molecule has 0 bridgehead atoms. The number of anilines is 1. The molecule has 7 nitrogen and oxygen atoms in total. The highest BCUT2D eigenvalue weighted by Crippen LogP contribution is 2.19. The third kappa shape index (κ3) is 3.50. The normalized spacial score (nSPS) is 15.4. The highest BCUT2D eigenvalue weighted by atomic mass is 16.3. The summed E-state index contributed by atoms with van der Waals surface area (Å²) in [5.74, 6) is 2.71. The third-order valence-corrected chi connectivity index (χ3v) is 4.97. The van der Waals surface area contributed by atoms with Crippen LogP contribution in [0.4, 0.5) is 5.82 Å². The maximum Gasteiger partial charge on any atom is 0.257 e. The number of nitrogens with two attached hydrogens (primary N) is 1. The first-order valence-electron chi connectivity index (χ1n) is 9.11. The van der Waals surface area contributed by atoms with Crippen molar-refractivity contribution in [2.75, 3.05) is 31.9 Å². The van der Waals surface area contributed by atoms with Crippen LogP contribution in [0.5, 0.6) is 0 Å². The van der Waals surface area contributed by atoms with E-state index >= 15 is 0 Å². The van der Waals surface area contributed by atoms with Crippen molar-refractivity contribution in [1.29, 1.82) is 0 Å². The van der Waals surface area contributed by atoms with Gasteiger partial charge >= 0.3 is 0 Å². The molecular weight excluding hydrogens is 342 g/mol. The number of benzene rings is 1. The van der Waals surface area contributed by atoms with E-state index in [1.165, 1.54) is 0 Å². The van der Waals surface area contributed by atoms with Gasteiger partial charge in [0.25, 0.3) is 5.91 Å². The van der Waals surface area contributed by atoms with E-state index in [-0.39, 0.29) is 5.91 Å². The number of para-hydroxylation sites is 1. The zero-order valence-corrected chi connectivity index (χ0v) is 15.6. The van der Waals surface area contributed by atoms with Crippen LogP contribution in [0, 0.1) is 13.8 Å². The number of fused-ring (bicyclic) bond motifs is 1. The lowest BCUT2D eigenvalue weighted by Gasteiger charge is -2.34. The van der Waals surface area contributed by atoms with Crippen molar-refractivity contribution < 1.29 is 9.21 Å². The monoisotopic (exact) mass is 365 g/mol. The van der Waals surface area contributed by atoms with E-state index in [4.69, 9.17) is 10.2 Å². The van der Waals surface area contributed by atoms with Gasteiger partial charge in [-0.25, -0.2) is 9.97 Å². The van der Waals surface area contributed by atoms with Crippen LogP contribution in [-0.4, -0.2) is 51.9 Å². The molecule has 2 aromatic heterocycles. The van der Waals surface area contributed by atoms with Gasteiger partial charge in [-0.15, -0.1) is 0 Å². The molecule has 7 heteroatoms. The average Bonchev–Trinajstić information content (AvgIpc) is 3.00. The summed E-state index contributed by atoms with van der Waals surface area (Å²) in [6.45, 7) is 7.21. The summed E-state index contributed by atoms with van der Waals surface area (Å²) in [5, 5.41) is 0.877. The molecule has 0 aliphatic carbocycles. The Hall–Kier alpha value is -2.93. The van der Waals surface area contributed by atoms with Crippen LogP contribution in [0.1, 0.15) is 27.7 Å². The number of rotatable bonds is 3. The topological polar surface area (TPSA) is 88.5 Å². The number of carbonyl (C=O) groups excluding carboxylic acids is 1. The predicted octanol–water partition coefficient (Wildman–Crippen LogP) is 2.38. The van der Waals surface area contributed by atoms with Gasteiger partial charge < -0.3 is 15.1 Å².